The largest absolute Gasteiger partial charge is 0.347 e. The van der Waals surface area contributed by atoms with Gasteiger partial charge in [-0.3, -0.25) is 14.4 Å². The molecular weight excluding hydrogens is 194 g/mol. The van der Waals surface area contributed by atoms with E-state index in [1.807, 2.05) is 0 Å². The molecule has 84 valence electrons. The minimum absolute atomic E-state index is 0.0555. The normalized spacial score (nSPS) is 23.9. The summed E-state index contributed by atoms with van der Waals surface area (Å²) < 4.78 is 0. The van der Waals surface area contributed by atoms with Crippen LogP contribution in [0.3, 0.4) is 0 Å². The van der Waals surface area contributed by atoms with Crippen LogP contribution < -0.4 is 5.32 Å². The lowest BCUT2D eigenvalue weighted by Gasteiger charge is -2.14. The van der Waals surface area contributed by atoms with Gasteiger partial charge in [0.05, 0.1) is 6.04 Å². The van der Waals surface area contributed by atoms with Crippen LogP contribution in [0.5, 0.6) is 0 Å². The fourth-order valence-electron chi connectivity index (χ4n) is 1.78. The lowest BCUT2D eigenvalue weighted by Crippen LogP contribution is -2.39. The minimum Gasteiger partial charge on any atom is -0.347 e. The Morgan fingerprint density at radius 3 is 2.53 bits per heavy atom. The molecule has 1 N–H and O–H groups in total. The topological polar surface area (TPSA) is 63.2 Å². The molecule has 15 heavy (non-hydrogen) atoms. The molecule has 1 atom stereocenters. The molecule has 1 aliphatic carbocycles. The molecule has 0 heterocycles. The number of hydrogen-bond acceptors (Lipinski definition) is 3. The van der Waals surface area contributed by atoms with Crippen LogP contribution in [-0.2, 0) is 14.4 Å². The molecule has 1 amide bonds. The van der Waals surface area contributed by atoms with Gasteiger partial charge in [-0.1, -0.05) is 0 Å². The third-order valence-corrected chi connectivity index (χ3v) is 2.61. The maximum absolute atomic E-state index is 11.6. The Morgan fingerprint density at radius 1 is 1.20 bits per heavy atom. The van der Waals surface area contributed by atoms with Crippen LogP contribution >= 0.6 is 0 Å². The van der Waals surface area contributed by atoms with Crippen molar-refractivity contribution in [2.24, 2.45) is 0 Å². The number of nitrogens with one attached hydrogen (secondary N) is 1. The van der Waals surface area contributed by atoms with E-state index in [1.165, 1.54) is 6.92 Å². The second kappa shape index (κ2) is 5.63. The highest BCUT2D eigenvalue weighted by atomic mass is 16.2. The van der Waals surface area contributed by atoms with Crippen LogP contribution in [0.4, 0.5) is 0 Å². The van der Waals surface area contributed by atoms with Gasteiger partial charge in [-0.25, -0.2) is 0 Å². The Hall–Kier alpha value is -1.19. The minimum atomic E-state index is -0.454. The van der Waals surface area contributed by atoms with E-state index in [-0.39, 0.29) is 17.5 Å². The Bertz CT molecular complexity index is 273. The zero-order chi connectivity index (χ0) is 11.3. The second-order valence-electron chi connectivity index (χ2n) is 4.00. The van der Waals surface area contributed by atoms with Gasteiger partial charge in [0.25, 0.3) is 0 Å². The smallest absolute Gasteiger partial charge is 0.217 e. The van der Waals surface area contributed by atoms with Crippen LogP contribution in [-0.4, -0.2) is 23.5 Å². The zero-order valence-corrected chi connectivity index (χ0v) is 9.04. The monoisotopic (exact) mass is 211 g/mol. The number of Topliss-reactive ketones (excluding diaryl/α,β-unsaturated/α-hetero) is 2. The van der Waals surface area contributed by atoms with Crippen LogP contribution in [0.25, 0.3) is 0 Å². The maximum Gasteiger partial charge on any atom is 0.217 e. The van der Waals surface area contributed by atoms with E-state index < -0.39 is 6.04 Å². The highest BCUT2D eigenvalue weighted by Crippen LogP contribution is 2.12. The predicted molar refractivity (Wildman–Crippen MR) is 55.3 cm³/mol. The average molecular weight is 211 g/mol. The zero-order valence-electron chi connectivity index (χ0n) is 9.04. The van der Waals surface area contributed by atoms with Crippen molar-refractivity contribution in [2.45, 2.75) is 51.5 Å². The molecule has 1 unspecified atom stereocenters. The summed E-state index contributed by atoms with van der Waals surface area (Å²) in [6.45, 7) is 1.39. The van der Waals surface area contributed by atoms with Gasteiger partial charge in [0.1, 0.15) is 5.78 Å². The summed E-state index contributed by atoms with van der Waals surface area (Å²) >= 11 is 0. The molecule has 0 spiro atoms. The Labute approximate surface area is 89.4 Å². The highest BCUT2D eigenvalue weighted by molar-refractivity contribution is 5.89. The molecule has 4 nitrogen and oxygen atoms in total. The first-order valence-corrected chi connectivity index (χ1v) is 5.41. The molecule has 1 fully saturated rings. The number of amides is 1. The van der Waals surface area contributed by atoms with Gasteiger partial charge < -0.3 is 5.32 Å². The lowest BCUT2D eigenvalue weighted by molar-refractivity contribution is -0.127. The van der Waals surface area contributed by atoms with Crippen molar-refractivity contribution in [3.8, 4) is 0 Å². The van der Waals surface area contributed by atoms with E-state index in [1.54, 1.807) is 0 Å². The summed E-state index contributed by atoms with van der Waals surface area (Å²) in [7, 11) is 0. The SMILES string of the molecule is CC(=O)NC1CCC(=O)CCCCC1=O. The fraction of sp³-hybridized carbons (Fsp3) is 0.727. The summed E-state index contributed by atoms with van der Waals surface area (Å²) in [5.74, 6) is 0.0417. The van der Waals surface area contributed by atoms with Crippen LogP contribution in [0.1, 0.15) is 45.4 Å². The van der Waals surface area contributed by atoms with Crippen molar-refractivity contribution in [2.75, 3.05) is 0 Å². The van der Waals surface area contributed by atoms with Gasteiger partial charge in [0.2, 0.25) is 5.91 Å². The first kappa shape index (κ1) is 11.9. The van der Waals surface area contributed by atoms with E-state index in [4.69, 9.17) is 0 Å². The molecule has 0 bridgehead atoms. The number of carbonyl (C=O) groups is 3. The van der Waals surface area contributed by atoms with Crippen molar-refractivity contribution in [1.82, 2.24) is 5.32 Å². The maximum atomic E-state index is 11.6. The van der Waals surface area contributed by atoms with E-state index in [2.05, 4.69) is 5.32 Å². The Kier molecular flexibility index (Phi) is 4.46. The predicted octanol–water partition coefficient (Wildman–Crippen LogP) is 0.983. The standard InChI is InChI=1S/C11H17NO3/c1-8(13)12-10-7-6-9(14)4-2-3-5-11(10)15/h10H,2-7H2,1H3,(H,12,13). The molecule has 4 heteroatoms. The highest BCUT2D eigenvalue weighted by Gasteiger charge is 2.21. The van der Waals surface area contributed by atoms with E-state index >= 15 is 0 Å². The van der Waals surface area contributed by atoms with Crippen LogP contribution in [0.15, 0.2) is 0 Å². The third kappa shape index (κ3) is 4.23. The molecule has 0 aromatic heterocycles. The summed E-state index contributed by atoms with van der Waals surface area (Å²) in [4.78, 5) is 33.8. The third-order valence-electron chi connectivity index (χ3n) is 2.61. The summed E-state index contributed by atoms with van der Waals surface area (Å²) in [5.41, 5.74) is 0. The van der Waals surface area contributed by atoms with Gasteiger partial charge in [0.15, 0.2) is 5.78 Å². The summed E-state index contributed by atoms with van der Waals surface area (Å²) in [6.07, 6.45) is 3.43. The molecule has 0 saturated heterocycles. The van der Waals surface area contributed by atoms with Crippen LogP contribution in [0, 0.1) is 0 Å². The number of ketones is 2. The quantitative estimate of drug-likeness (QED) is 0.703. The average Bonchev–Trinajstić information content (AvgIpc) is 2.23. The van der Waals surface area contributed by atoms with E-state index in [9.17, 15) is 14.4 Å². The van der Waals surface area contributed by atoms with Crippen molar-refractivity contribution >= 4 is 17.5 Å². The molecule has 1 saturated carbocycles. The second-order valence-corrected chi connectivity index (χ2v) is 4.00. The first-order valence-electron chi connectivity index (χ1n) is 5.41. The van der Waals surface area contributed by atoms with Gasteiger partial charge in [-0.15, -0.1) is 0 Å². The molecule has 0 aromatic rings. The van der Waals surface area contributed by atoms with E-state index in [0.29, 0.717) is 25.7 Å². The summed E-state index contributed by atoms with van der Waals surface area (Å²) in [5, 5.41) is 2.61. The van der Waals surface area contributed by atoms with Crippen molar-refractivity contribution < 1.29 is 14.4 Å². The van der Waals surface area contributed by atoms with Crippen molar-refractivity contribution in [3.63, 3.8) is 0 Å². The van der Waals surface area contributed by atoms with Crippen LogP contribution in [0.2, 0.25) is 0 Å². The molecule has 0 aromatic carbocycles. The van der Waals surface area contributed by atoms with E-state index in [0.717, 1.165) is 12.8 Å². The molecular formula is C11H17NO3. The van der Waals surface area contributed by atoms with Gasteiger partial charge in [-0.2, -0.15) is 0 Å². The summed E-state index contributed by atoms with van der Waals surface area (Å²) in [6, 6.07) is -0.454. The van der Waals surface area contributed by atoms with Gasteiger partial charge in [-0.05, 0) is 19.3 Å². The Balaban J connectivity index is 2.59. The lowest BCUT2D eigenvalue weighted by atomic mass is 10.0. The molecule has 0 radical (unpaired) electrons. The fourth-order valence-corrected chi connectivity index (χ4v) is 1.78. The number of rotatable bonds is 1. The molecule has 1 aliphatic rings. The van der Waals surface area contributed by atoms with Gasteiger partial charge >= 0.3 is 0 Å². The molecule has 0 aliphatic heterocycles. The molecule has 1 rings (SSSR count). The van der Waals surface area contributed by atoms with Gasteiger partial charge in [0, 0.05) is 26.2 Å². The first-order chi connectivity index (χ1) is 7.09. The Morgan fingerprint density at radius 2 is 1.87 bits per heavy atom. The number of hydrogen-bond donors (Lipinski definition) is 1. The number of carbonyl (C=O) groups excluding carboxylic acids is 3. The van der Waals surface area contributed by atoms with Crippen molar-refractivity contribution in [1.29, 1.82) is 0 Å². The van der Waals surface area contributed by atoms with Crippen molar-refractivity contribution in [3.05, 3.63) is 0 Å².